The maximum absolute atomic E-state index is 11.8. The first-order valence-electron chi connectivity index (χ1n) is 9.48. The van der Waals surface area contributed by atoms with Gasteiger partial charge in [-0.1, -0.05) is 48.0 Å². The van der Waals surface area contributed by atoms with E-state index in [1.165, 1.54) is 0 Å². The van der Waals surface area contributed by atoms with Gasteiger partial charge >= 0.3 is 0 Å². The van der Waals surface area contributed by atoms with Gasteiger partial charge in [-0.05, 0) is 49.1 Å². The maximum Gasteiger partial charge on any atom is 0.245 e. The van der Waals surface area contributed by atoms with Crippen LogP contribution in [0.15, 0.2) is 48.5 Å². The van der Waals surface area contributed by atoms with E-state index in [4.69, 9.17) is 26.3 Å². The van der Waals surface area contributed by atoms with Crippen LogP contribution in [0.25, 0.3) is 0 Å². The van der Waals surface area contributed by atoms with Gasteiger partial charge < -0.3 is 9.47 Å². The van der Waals surface area contributed by atoms with Crippen LogP contribution in [0.5, 0.6) is 0 Å². The molecule has 0 radical (unpaired) electrons. The van der Waals surface area contributed by atoms with Crippen LogP contribution in [0.3, 0.4) is 0 Å². The summed E-state index contributed by atoms with van der Waals surface area (Å²) in [5, 5.41) is 9.66. The summed E-state index contributed by atoms with van der Waals surface area (Å²) in [7, 11) is 0. The lowest BCUT2D eigenvalue weighted by molar-refractivity contribution is -0.132. The molecule has 3 rings (SSSR count). The molecule has 0 aliphatic carbocycles. The van der Waals surface area contributed by atoms with E-state index >= 15 is 0 Å². The molecular formula is C22H26ClNO4. The molecule has 1 unspecified atom stereocenters. The van der Waals surface area contributed by atoms with E-state index in [9.17, 15) is 4.79 Å². The van der Waals surface area contributed by atoms with Gasteiger partial charge in [0.25, 0.3) is 0 Å². The van der Waals surface area contributed by atoms with E-state index in [0.717, 1.165) is 23.3 Å². The highest BCUT2D eigenvalue weighted by molar-refractivity contribution is 6.30. The third kappa shape index (κ3) is 5.11. The predicted molar refractivity (Wildman–Crippen MR) is 108 cm³/mol. The number of carbonyl (C=O) groups excluding carboxylic acids is 1. The number of ether oxygens (including phenoxy) is 2. The molecule has 1 amide bonds. The van der Waals surface area contributed by atoms with Gasteiger partial charge in [0.1, 0.15) is 5.60 Å². The molecule has 0 saturated carbocycles. The summed E-state index contributed by atoms with van der Waals surface area (Å²) < 4.78 is 11.4. The molecule has 1 heterocycles. The van der Waals surface area contributed by atoms with Crippen molar-refractivity contribution < 1.29 is 19.5 Å². The van der Waals surface area contributed by atoms with Gasteiger partial charge in [-0.3, -0.25) is 10.0 Å². The van der Waals surface area contributed by atoms with Crippen molar-refractivity contribution in [2.24, 2.45) is 0 Å². The fourth-order valence-electron chi connectivity index (χ4n) is 3.46. The van der Waals surface area contributed by atoms with E-state index in [1.807, 2.05) is 31.2 Å². The number of epoxide rings is 1. The lowest BCUT2D eigenvalue weighted by Crippen LogP contribution is -2.31. The fraction of sp³-hybridized carbons (Fsp3) is 0.409. The predicted octanol–water partition coefficient (Wildman–Crippen LogP) is 4.21. The zero-order chi connectivity index (χ0) is 20.1. The number of carbonyl (C=O) groups is 1. The van der Waals surface area contributed by atoms with Crippen molar-refractivity contribution in [1.82, 2.24) is 5.48 Å². The summed E-state index contributed by atoms with van der Waals surface area (Å²) in [5.41, 5.74) is 4.85. The Labute approximate surface area is 170 Å². The third-order valence-corrected chi connectivity index (χ3v) is 5.49. The van der Waals surface area contributed by atoms with Crippen LogP contribution < -0.4 is 5.48 Å². The van der Waals surface area contributed by atoms with Gasteiger partial charge in [-0.15, -0.1) is 0 Å². The highest BCUT2D eigenvalue weighted by atomic mass is 35.5. The summed E-state index contributed by atoms with van der Waals surface area (Å²) in [6, 6.07) is 16.0. The average Bonchev–Trinajstić information content (AvgIpc) is 3.46. The molecule has 6 heteroatoms. The SMILES string of the molecule is CCO[C@H](CC(=O)NO)[C@H](Cc1ccc(Cl)cc1)c1ccc(C2(C)CO2)cc1. The lowest BCUT2D eigenvalue weighted by atomic mass is 9.84. The molecule has 2 N–H and O–H groups in total. The number of halogens is 1. The average molecular weight is 404 g/mol. The Morgan fingerprint density at radius 3 is 2.43 bits per heavy atom. The molecule has 1 aliphatic heterocycles. The van der Waals surface area contributed by atoms with Gasteiger partial charge in [-0.2, -0.15) is 0 Å². The first kappa shape index (κ1) is 20.8. The third-order valence-electron chi connectivity index (χ3n) is 5.24. The largest absolute Gasteiger partial charge is 0.377 e. The molecular weight excluding hydrogens is 378 g/mol. The fourth-order valence-corrected chi connectivity index (χ4v) is 3.58. The van der Waals surface area contributed by atoms with Crippen molar-refractivity contribution in [3.05, 3.63) is 70.2 Å². The topological polar surface area (TPSA) is 71.1 Å². The van der Waals surface area contributed by atoms with E-state index in [-0.39, 0.29) is 24.0 Å². The molecule has 150 valence electrons. The normalized spacial score (nSPS) is 20.4. The number of amides is 1. The molecule has 2 aromatic rings. The molecule has 1 aliphatic rings. The molecule has 3 atom stereocenters. The van der Waals surface area contributed by atoms with Crippen molar-refractivity contribution in [2.45, 2.75) is 44.3 Å². The van der Waals surface area contributed by atoms with Crippen LogP contribution in [0.1, 0.15) is 42.9 Å². The minimum absolute atomic E-state index is 0.0552. The Morgan fingerprint density at radius 1 is 1.25 bits per heavy atom. The van der Waals surface area contributed by atoms with Gasteiger partial charge in [-0.25, -0.2) is 5.48 Å². The number of hydroxylamine groups is 1. The molecule has 0 aromatic heterocycles. The first-order chi connectivity index (χ1) is 13.4. The summed E-state index contributed by atoms with van der Waals surface area (Å²) in [4.78, 5) is 11.8. The molecule has 1 saturated heterocycles. The molecule has 0 spiro atoms. The van der Waals surface area contributed by atoms with Crippen molar-refractivity contribution in [3.63, 3.8) is 0 Å². The number of hydrogen-bond donors (Lipinski definition) is 2. The molecule has 0 bridgehead atoms. The summed E-state index contributed by atoms with van der Waals surface area (Å²) in [5.74, 6) is -0.518. The Hall–Kier alpha value is -1.92. The van der Waals surface area contributed by atoms with Crippen LogP contribution in [0, 0.1) is 0 Å². The lowest BCUT2D eigenvalue weighted by Gasteiger charge is -2.27. The quantitative estimate of drug-likeness (QED) is 0.373. The Morgan fingerprint density at radius 2 is 1.89 bits per heavy atom. The number of rotatable bonds is 9. The zero-order valence-corrected chi connectivity index (χ0v) is 16.9. The van der Waals surface area contributed by atoms with Crippen molar-refractivity contribution in [1.29, 1.82) is 0 Å². The number of hydrogen-bond acceptors (Lipinski definition) is 4. The van der Waals surface area contributed by atoms with Gasteiger partial charge in [0.05, 0.1) is 19.1 Å². The van der Waals surface area contributed by atoms with Crippen LogP contribution >= 0.6 is 11.6 Å². The van der Waals surface area contributed by atoms with E-state index in [1.54, 1.807) is 5.48 Å². The van der Waals surface area contributed by atoms with Gasteiger partial charge in [0.15, 0.2) is 0 Å². The summed E-state index contributed by atoms with van der Waals surface area (Å²) in [6.45, 7) is 5.18. The van der Waals surface area contributed by atoms with Crippen LogP contribution in [0.2, 0.25) is 5.02 Å². The minimum Gasteiger partial charge on any atom is -0.377 e. The Bertz CT molecular complexity index is 787. The second-order valence-corrected chi connectivity index (χ2v) is 7.75. The Kier molecular flexibility index (Phi) is 6.73. The van der Waals surface area contributed by atoms with Gasteiger partial charge in [0, 0.05) is 17.5 Å². The number of benzene rings is 2. The van der Waals surface area contributed by atoms with Crippen LogP contribution in [-0.2, 0) is 26.3 Å². The van der Waals surface area contributed by atoms with E-state index in [0.29, 0.717) is 18.1 Å². The zero-order valence-electron chi connectivity index (χ0n) is 16.2. The van der Waals surface area contributed by atoms with E-state index in [2.05, 4.69) is 31.2 Å². The second-order valence-electron chi connectivity index (χ2n) is 7.31. The van der Waals surface area contributed by atoms with Crippen molar-refractivity contribution in [2.75, 3.05) is 13.2 Å². The number of nitrogens with one attached hydrogen (secondary N) is 1. The Balaban J connectivity index is 1.89. The highest BCUT2D eigenvalue weighted by Crippen LogP contribution is 2.39. The molecule has 5 nitrogen and oxygen atoms in total. The van der Waals surface area contributed by atoms with Gasteiger partial charge in [0.2, 0.25) is 5.91 Å². The molecule has 2 aromatic carbocycles. The van der Waals surface area contributed by atoms with Crippen molar-refractivity contribution >= 4 is 17.5 Å². The highest BCUT2D eigenvalue weighted by Gasteiger charge is 2.41. The summed E-state index contributed by atoms with van der Waals surface area (Å²) >= 11 is 6.01. The second kappa shape index (κ2) is 9.05. The summed E-state index contributed by atoms with van der Waals surface area (Å²) in [6.07, 6.45) is 0.394. The first-order valence-corrected chi connectivity index (χ1v) is 9.86. The van der Waals surface area contributed by atoms with E-state index < -0.39 is 5.91 Å². The molecule has 28 heavy (non-hydrogen) atoms. The standard InChI is InChI=1S/C22H26ClNO4/c1-3-27-20(13-21(25)24-26)19(12-15-4-10-18(23)11-5-15)16-6-8-17(9-7-16)22(2)14-28-22/h4-11,19-20,26H,3,12-14H2,1-2H3,(H,24,25)/t19-,20-,22?/m1/s1. The maximum atomic E-state index is 11.8. The van der Waals surface area contributed by atoms with Crippen LogP contribution in [-0.4, -0.2) is 30.4 Å². The monoisotopic (exact) mass is 403 g/mol. The van der Waals surface area contributed by atoms with Crippen LogP contribution in [0.4, 0.5) is 0 Å². The smallest absolute Gasteiger partial charge is 0.245 e. The van der Waals surface area contributed by atoms with Crippen molar-refractivity contribution in [3.8, 4) is 0 Å². The molecule has 1 fully saturated rings. The minimum atomic E-state index is -0.463.